The lowest BCUT2D eigenvalue weighted by Gasteiger charge is -2.06. The minimum atomic E-state index is -0.999. The predicted molar refractivity (Wildman–Crippen MR) is 81.8 cm³/mol. The normalized spacial score (nSPS) is 13.8. The van der Waals surface area contributed by atoms with Crippen LogP contribution in [-0.4, -0.2) is 33.6 Å². The van der Waals surface area contributed by atoms with Crippen LogP contribution in [0.1, 0.15) is 30.1 Å². The van der Waals surface area contributed by atoms with Gasteiger partial charge in [0.05, 0.1) is 0 Å². The van der Waals surface area contributed by atoms with E-state index in [1.807, 2.05) is 0 Å². The van der Waals surface area contributed by atoms with Crippen LogP contribution in [0, 0.1) is 0 Å². The van der Waals surface area contributed by atoms with Crippen molar-refractivity contribution in [1.82, 2.24) is 9.88 Å². The van der Waals surface area contributed by atoms with Crippen molar-refractivity contribution in [3.05, 3.63) is 30.0 Å². The van der Waals surface area contributed by atoms with Gasteiger partial charge in [0.25, 0.3) is 0 Å². The summed E-state index contributed by atoms with van der Waals surface area (Å²) in [5.41, 5.74) is 1.00. The van der Waals surface area contributed by atoms with E-state index >= 15 is 0 Å². The van der Waals surface area contributed by atoms with Crippen molar-refractivity contribution < 1.29 is 24.2 Å². The number of carboxylic acids is 1. The summed E-state index contributed by atoms with van der Waals surface area (Å²) in [5.74, 6) is -0.869. The van der Waals surface area contributed by atoms with E-state index in [9.17, 15) is 14.4 Å². The molecule has 1 saturated carbocycles. The van der Waals surface area contributed by atoms with Gasteiger partial charge in [0.2, 0.25) is 0 Å². The largest absolute Gasteiger partial charge is 0.480 e. The van der Waals surface area contributed by atoms with Gasteiger partial charge in [-0.25, -0.2) is 4.79 Å². The van der Waals surface area contributed by atoms with Crippen molar-refractivity contribution in [1.29, 1.82) is 0 Å². The predicted octanol–water partition coefficient (Wildman–Crippen LogP) is 2.18. The summed E-state index contributed by atoms with van der Waals surface area (Å²) in [7, 11) is 0. The Hall–Kier alpha value is -2.83. The molecule has 2 N–H and O–H groups in total. The van der Waals surface area contributed by atoms with Gasteiger partial charge in [0.15, 0.2) is 5.78 Å². The molecule has 0 unspecified atom stereocenters. The van der Waals surface area contributed by atoms with Crippen LogP contribution in [0.3, 0.4) is 0 Å². The molecule has 0 radical (unpaired) electrons. The number of hydrogen-bond donors (Lipinski definition) is 2. The molecule has 3 rings (SSSR count). The van der Waals surface area contributed by atoms with Crippen LogP contribution >= 0.6 is 0 Å². The van der Waals surface area contributed by atoms with Crippen LogP contribution in [0.15, 0.2) is 24.4 Å². The highest BCUT2D eigenvalue weighted by molar-refractivity contribution is 6.07. The van der Waals surface area contributed by atoms with Crippen molar-refractivity contribution in [2.45, 2.75) is 32.4 Å². The molecule has 0 atom stereocenters. The Morgan fingerprint density at radius 2 is 2.09 bits per heavy atom. The summed E-state index contributed by atoms with van der Waals surface area (Å²) in [4.78, 5) is 34.4. The Labute approximate surface area is 131 Å². The number of ketones is 1. The fraction of sp³-hybridized carbons (Fsp3) is 0.312. The number of amides is 1. The first-order valence-electron chi connectivity index (χ1n) is 7.28. The minimum Gasteiger partial charge on any atom is -0.480 e. The van der Waals surface area contributed by atoms with Crippen LogP contribution < -0.4 is 10.1 Å². The van der Waals surface area contributed by atoms with Gasteiger partial charge in [-0.2, -0.15) is 0 Å². The Kier molecular flexibility index (Phi) is 3.77. The lowest BCUT2D eigenvalue weighted by Crippen LogP contribution is -2.28. The van der Waals surface area contributed by atoms with E-state index in [-0.39, 0.29) is 18.4 Å². The number of carbonyl (C=O) groups is 3. The van der Waals surface area contributed by atoms with Crippen molar-refractivity contribution in [2.75, 3.05) is 0 Å². The minimum absolute atomic E-state index is 0.182. The summed E-state index contributed by atoms with van der Waals surface area (Å²) in [5, 5.41) is 12.2. The lowest BCUT2D eigenvalue weighted by molar-refractivity contribution is -0.137. The molecule has 1 aliphatic carbocycles. The average molecular weight is 316 g/mol. The number of ether oxygens (including phenoxy) is 1. The van der Waals surface area contributed by atoms with Gasteiger partial charge in [-0.3, -0.25) is 9.59 Å². The second kappa shape index (κ2) is 5.75. The van der Waals surface area contributed by atoms with E-state index in [4.69, 9.17) is 9.84 Å². The molecule has 0 aliphatic heterocycles. The van der Waals surface area contributed by atoms with Gasteiger partial charge in [0.1, 0.15) is 12.3 Å². The molecular formula is C16H16N2O5. The zero-order chi connectivity index (χ0) is 16.6. The average Bonchev–Trinajstić information content (AvgIpc) is 3.19. The highest BCUT2D eigenvalue weighted by Crippen LogP contribution is 2.27. The number of rotatable bonds is 5. The summed E-state index contributed by atoms with van der Waals surface area (Å²) in [6.45, 7) is 1.17. The number of Topliss-reactive ketones (excluding diaryl/α,β-unsaturated/α-hetero) is 1. The first-order chi connectivity index (χ1) is 10.9. The number of carboxylic acid groups (broad SMARTS) is 1. The number of fused-ring (bicyclic) bond motifs is 1. The molecule has 1 aliphatic rings. The fourth-order valence-electron chi connectivity index (χ4n) is 2.43. The van der Waals surface area contributed by atoms with Gasteiger partial charge in [-0.05, 0) is 38.0 Å². The molecule has 1 heterocycles. The number of nitrogens with one attached hydrogen (secondary N) is 1. The van der Waals surface area contributed by atoms with Crippen LogP contribution in [0.2, 0.25) is 0 Å². The monoisotopic (exact) mass is 316 g/mol. The number of nitrogens with zero attached hydrogens (tertiary/aromatic N) is 1. The van der Waals surface area contributed by atoms with Gasteiger partial charge in [-0.15, -0.1) is 0 Å². The van der Waals surface area contributed by atoms with Crippen LogP contribution in [0.5, 0.6) is 5.75 Å². The number of carbonyl (C=O) groups excluding carboxylic acids is 2. The zero-order valence-electron chi connectivity index (χ0n) is 12.5. The highest BCUT2D eigenvalue weighted by atomic mass is 16.6. The third kappa shape index (κ3) is 3.33. The maximum absolute atomic E-state index is 11.8. The van der Waals surface area contributed by atoms with E-state index in [0.29, 0.717) is 22.2 Å². The van der Waals surface area contributed by atoms with E-state index in [1.54, 1.807) is 18.2 Å². The number of aromatic nitrogens is 1. The molecule has 1 amide bonds. The van der Waals surface area contributed by atoms with Crippen LogP contribution in [-0.2, 0) is 11.3 Å². The van der Waals surface area contributed by atoms with Crippen molar-refractivity contribution >= 4 is 28.7 Å². The van der Waals surface area contributed by atoms with Crippen molar-refractivity contribution in [2.24, 2.45) is 0 Å². The third-order valence-electron chi connectivity index (χ3n) is 3.65. The van der Waals surface area contributed by atoms with E-state index in [2.05, 4.69) is 5.32 Å². The Morgan fingerprint density at radius 3 is 2.70 bits per heavy atom. The molecule has 2 aromatic rings. The van der Waals surface area contributed by atoms with Gasteiger partial charge < -0.3 is 19.7 Å². The number of hydrogen-bond acceptors (Lipinski definition) is 4. The molecule has 1 aromatic carbocycles. The van der Waals surface area contributed by atoms with Crippen LogP contribution in [0.25, 0.3) is 10.9 Å². The Bertz CT molecular complexity index is 804. The second-order valence-corrected chi connectivity index (χ2v) is 5.61. The number of aliphatic carboxylic acids is 1. The molecule has 23 heavy (non-hydrogen) atoms. The van der Waals surface area contributed by atoms with Gasteiger partial charge in [-0.1, -0.05) is 0 Å². The van der Waals surface area contributed by atoms with Crippen molar-refractivity contribution in [3.63, 3.8) is 0 Å². The summed E-state index contributed by atoms with van der Waals surface area (Å²) in [6, 6.07) is 4.99. The fourth-order valence-corrected chi connectivity index (χ4v) is 2.43. The SMILES string of the molecule is CC(=O)c1cn(CC(=O)O)c2ccc(OC(=O)NC3CC3)cc12. The molecule has 0 saturated heterocycles. The molecule has 0 bridgehead atoms. The van der Waals surface area contributed by atoms with Crippen molar-refractivity contribution in [3.8, 4) is 5.75 Å². The molecule has 7 nitrogen and oxygen atoms in total. The summed E-state index contributed by atoms with van der Waals surface area (Å²) < 4.78 is 6.70. The molecule has 1 aromatic heterocycles. The topological polar surface area (TPSA) is 97.6 Å². The Morgan fingerprint density at radius 1 is 1.35 bits per heavy atom. The third-order valence-corrected chi connectivity index (χ3v) is 3.65. The lowest BCUT2D eigenvalue weighted by atomic mass is 10.1. The zero-order valence-corrected chi connectivity index (χ0v) is 12.5. The number of benzene rings is 1. The standard InChI is InChI=1S/C16H16N2O5/c1-9(19)13-7-18(8-15(20)21)14-5-4-11(6-12(13)14)23-16(22)17-10-2-3-10/h4-7,10H,2-3,8H2,1H3,(H,17,22)(H,20,21). The Balaban J connectivity index is 1.93. The second-order valence-electron chi connectivity index (χ2n) is 5.61. The quantitative estimate of drug-likeness (QED) is 0.824. The first-order valence-corrected chi connectivity index (χ1v) is 7.28. The molecule has 7 heteroatoms. The molecule has 1 fully saturated rings. The van der Waals surface area contributed by atoms with E-state index < -0.39 is 12.1 Å². The molecule has 120 valence electrons. The van der Waals surface area contributed by atoms with Gasteiger partial charge in [0, 0.05) is 28.7 Å². The van der Waals surface area contributed by atoms with Gasteiger partial charge >= 0.3 is 12.1 Å². The summed E-state index contributed by atoms with van der Waals surface area (Å²) >= 11 is 0. The van der Waals surface area contributed by atoms with E-state index in [1.165, 1.54) is 17.7 Å². The molecular weight excluding hydrogens is 300 g/mol. The first kappa shape index (κ1) is 15.1. The smallest absolute Gasteiger partial charge is 0.412 e. The maximum Gasteiger partial charge on any atom is 0.412 e. The molecule has 0 spiro atoms. The maximum atomic E-state index is 11.8. The summed E-state index contributed by atoms with van der Waals surface area (Å²) in [6.07, 6.45) is 2.90. The highest BCUT2D eigenvalue weighted by Gasteiger charge is 2.24. The van der Waals surface area contributed by atoms with E-state index in [0.717, 1.165) is 12.8 Å². The van der Waals surface area contributed by atoms with Crippen LogP contribution in [0.4, 0.5) is 4.79 Å².